The molecule has 0 radical (unpaired) electrons. The van der Waals surface area contributed by atoms with Gasteiger partial charge in [-0.25, -0.2) is 4.98 Å². The first kappa shape index (κ1) is 30.9. The Morgan fingerprint density at radius 2 is 1.71 bits per heavy atom. The minimum Gasteiger partial charge on any atom is -0.507 e. The molecule has 2 fully saturated rings. The van der Waals surface area contributed by atoms with Crippen LogP contribution in [0, 0.1) is 12.3 Å². The molecule has 5 heterocycles. The Balaban J connectivity index is 1.34. The zero-order chi connectivity index (χ0) is 34.2. The normalized spacial score (nSPS) is 34.1. The number of hydrogen-bond donors (Lipinski definition) is 7. The van der Waals surface area contributed by atoms with E-state index >= 15 is 0 Å². The molecule has 0 amide bonds. The molecule has 3 aliphatic carbocycles. The standard InChI is InChI=1S/C37H36N2O10/c1-16-10-21-25(23(41)11-16)29(43)27-24-13-20-19(26(27)28(21)42)5-9-38-33(20)39-15-18(40)12-17-14-35(6-2-3-7-35)34(47)37-22(17)4-8-36(48-24,49-37)31(45)30(44)32(37)46/h4-5,8-11,13,18,30-32,34,40-41,44-47H,2-3,6-7,12,14-15H2,1H3,(H,38,39). The van der Waals surface area contributed by atoms with Crippen molar-refractivity contribution < 1.29 is 49.7 Å². The van der Waals surface area contributed by atoms with E-state index in [4.69, 9.17) is 9.47 Å². The van der Waals surface area contributed by atoms with E-state index in [0.717, 1.165) is 18.4 Å². The van der Waals surface area contributed by atoms with Crippen LogP contribution in [-0.4, -0.2) is 95.6 Å². The fourth-order valence-corrected chi connectivity index (χ4v) is 9.55. The molecule has 7 unspecified atom stereocenters. The number of aryl methyl sites for hydroxylation is 1. The molecule has 6 bridgehead atoms. The number of phenolic OH excluding ortho intramolecular Hbond substituents is 1. The Kier molecular flexibility index (Phi) is 6.42. The molecule has 1 saturated heterocycles. The highest BCUT2D eigenvalue weighted by atomic mass is 16.7. The lowest BCUT2D eigenvalue weighted by Gasteiger charge is -2.62. The fraction of sp³-hybridized carbons (Fsp3) is 0.432. The van der Waals surface area contributed by atoms with E-state index in [1.165, 1.54) is 30.5 Å². The van der Waals surface area contributed by atoms with Crippen molar-refractivity contribution in [3.63, 3.8) is 0 Å². The molecule has 3 spiro atoms. The number of nitrogens with zero attached hydrogens (tertiary/aromatic N) is 1. The number of nitrogens with one attached hydrogen (secondary N) is 1. The number of hydrogen-bond acceptors (Lipinski definition) is 12. The predicted molar refractivity (Wildman–Crippen MR) is 173 cm³/mol. The number of benzene rings is 2. The molecule has 4 aliphatic heterocycles. The Hall–Kier alpha value is -4.17. The highest BCUT2D eigenvalue weighted by Gasteiger charge is 2.71. The number of anilines is 1. The summed E-state index contributed by atoms with van der Waals surface area (Å²) in [6, 6.07) is 5.98. The summed E-state index contributed by atoms with van der Waals surface area (Å²) < 4.78 is 13.3. The Morgan fingerprint density at radius 1 is 0.939 bits per heavy atom. The second-order valence-corrected chi connectivity index (χ2v) is 14.6. The molecule has 10 rings (SSSR count). The first-order valence-electron chi connectivity index (χ1n) is 16.7. The maximum absolute atomic E-state index is 14.4. The van der Waals surface area contributed by atoms with Gasteiger partial charge in [-0.3, -0.25) is 9.59 Å². The molecule has 49 heavy (non-hydrogen) atoms. The summed E-state index contributed by atoms with van der Waals surface area (Å²) >= 11 is 0. The van der Waals surface area contributed by atoms with Crippen molar-refractivity contribution in [1.82, 2.24) is 4.98 Å². The number of carbonyl (C=O) groups excluding carboxylic acids is 2. The molecule has 12 nitrogen and oxygen atoms in total. The van der Waals surface area contributed by atoms with Crippen molar-refractivity contribution in [3.8, 4) is 11.5 Å². The van der Waals surface area contributed by atoms with Gasteiger partial charge in [0.15, 0.2) is 17.5 Å². The summed E-state index contributed by atoms with van der Waals surface area (Å²) in [5.74, 6) is -3.80. The van der Waals surface area contributed by atoms with E-state index < -0.39 is 58.9 Å². The highest BCUT2D eigenvalue weighted by Crippen LogP contribution is 2.61. The summed E-state index contributed by atoms with van der Waals surface area (Å²) in [5.41, 5.74) is -1.39. The van der Waals surface area contributed by atoms with E-state index in [-0.39, 0.29) is 46.7 Å². The number of pyridine rings is 1. The molecular weight excluding hydrogens is 632 g/mol. The number of ketones is 2. The number of aromatic nitrogens is 1. The second kappa shape index (κ2) is 10.2. The third kappa shape index (κ3) is 3.92. The van der Waals surface area contributed by atoms with Crippen LogP contribution < -0.4 is 10.1 Å². The van der Waals surface area contributed by atoms with Gasteiger partial charge in [0, 0.05) is 34.7 Å². The van der Waals surface area contributed by atoms with Crippen molar-refractivity contribution in [3.05, 3.63) is 81.6 Å². The van der Waals surface area contributed by atoms with E-state index in [0.29, 0.717) is 47.0 Å². The molecule has 7 aliphatic rings. The lowest BCUT2D eigenvalue weighted by atomic mass is 9.56. The van der Waals surface area contributed by atoms with Crippen LogP contribution in [0.5, 0.6) is 11.5 Å². The van der Waals surface area contributed by atoms with Gasteiger partial charge in [-0.15, -0.1) is 0 Å². The maximum Gasteiger partial charge on any atom is 0.260 e. The number of fused-ring (bicyclic) bond motifs is 6. The van der Waals surface area contributed by atoms with Crippen molar-refractivity contribution in [2.24, 2.45) is 5.41 Å². The molecule has 7 N–H and O–H groups in total. The Labute approximate surface area is 280 Å². The molecule has 12 heteroatoms. The second-order valence-electron chi connectivity index (χ2n) is 14.6. The quantitative estimate of drug-likeness (QED) is 0.145. The zero-order valence-electron chi connectivity index (χ0n) is 26.6. The van der Waals surface area contributed by atoms with Crippen LogP contribution in [-0.2, 0) is 4.74 Å². The summed E-state index contributed by atoms with van der Waals surface area (Å²) in [4.78, 5) is 33.2. The zero-order valence-corrected chi connectivity index (χ0v) is 26.6. The molecule has 2 aromatic carbocycles. The number of ether oxygens (including phenoxy) is 2. The smallest absolute Gasteiger partial charge is 0.260 e. The fourth-order valence-electron chi connectivity index (χ4n) is 9.55. The van der Waals surface area contributed by atoms with Gasteiger partial charge in [-0.2, -0.15) is 0 Å². The van der Waals surface area contributed by atoms with Crippen LogP contribution in [0.25, 0.3) is 10.8 Å². The number of aliphatic hydroxyl groups is 5. The van der Waals surface area contributed by atoms with Gasteiger partial charge in [0.2, 0.25) is 5.78 Å². The summed E-state index contributed by atoms with van der Waals surface area (Å²) in [7, 11) is 0. The third-order valence-electron chi connectivity index (χ3n) is 11.7. The largest absolute Gasteiger partial charge is 0.507 e. The van der Waals surface area contributed by atoms with Crippen molar-refractivity contribution in [2.45, 2.75) is 87.4 Å². The van der Waals surface area contributed by atoms with E-state index in [1.807, 2.05) is 0 Å². The Morgan fingerprint density at radius 3 is 2.49 bits per heavy atom. The van der Waals surface area contributed by atoms with Gasteiger partial charge in [0.1, 0.15) is 29.5 Å². The van der Waals surface area contributed by atoms with Crippen molar-refractivity contribution in [2.75, 3.05) is 11.9 Å². The minimum atomic E-state index is -2.26. The number of rotatable bonds is 0. The number of carbonyl (C=O) groups is 2. The molecule has 1 aromatic heterocycles. The lowest BCUT2D eigenvalue weighted by Crippen LogP contribution is -2.78. The minimum absolute atomic E-state index is 0.0151. The SMILES string of the molecule is Cc1cc(O)c2c(c1)C(=O)c1c(c3cc4c(nccc14)NCC(O)CC1=C4C=CC5(O3)OC4(C(O)C(O)C5O)C(O)C3(CCCC3)C1)C2=O. The van der Waals surface area contributed by atoms with Crippen molar-refractivity contribution in [1.29, 1.82) is 0 Å². The van der Waals surface area contributed by atoms with Gasteiger partial charge < -0.3 is 45.4 Å². The van der Waals surface area contributed by atoms with Gasteiger partial charge in [-0.1, -0.05) is 24.5 Å². The van der Waals surface area contributed by atoms with Gasteiger partial charge in [0.05, 0.1) is 23.3 Å². The van der Waals surface area contributed by atoms with Crippen molar-refractivity contribution >= 4 is 28.2 Å². The lowest BCUT2D eigenvalue weighted by molar-refractivity contribution is -0.366. The van der Waals surface area contributed by atoms with Crippen LogP contribution in [0.3, 0.4) is 0 Å². The summed E-state index contributed by atoms with van der Waals surface area (Å²) in [6.07, 6.45) is 0.103. The van der Waals surface area contributed by atoms with Crippen LogP contribution in [0.1, 0.15) is 75.9 Å². The van der Waals surface area contributed by atoms with Crippen LogP contribution in [0.4, 0.5) is 5.82 Å². The topological polar surface area (TPSA) is 199 Å². The molecular formula is C37H36N2O10. The average Bonchev–Trinajstić information content (AvgIpc) is 3.55. The van der Waals surface area contributed by atoms with Crippen LogP contribution in [0.15, 0.2) is 53.8 Å². The van der Waals surface area contributed by atoms with Crippen LogP contribution >= 0.6 is 0 Å². The van der Waals surface area contributed by atoms with E-state index in [2.05, 4.69) is 10.3 Å². The first-order valence-corrected chi connectivity index (χ1v) is 16.7. The van der Waals surface area contributed by atoms with E-state index in [9.17, 15) is 40.2 Å². The van der Waals surface area contributed by atoms with Crippen LogP contribution in [0.2, 0.25) is 0 Å². The number of aliphatic hydroxyl groups excluding tert-OH is 5. The molecule has 3 aromatic rings. The predicted octanol–water partition coefficient (Wildman–Crippen LogP) is 2.32. The first-order chi connectivity index (χ1) is 23.4. The van der Waals surface area contributed by atoms with Gasteiger partial charge in [0.25, 0.3) is 5.79 Å². The monoisotopic (exact) mass is 668 g/mol. The number of aromatic hydroxyl groups is 1. The molecule has 1 saturated carbocycles. The van der Waals surface area contributed by atoms with Gasteiger partial charge in [-0.05, 0) is 79.5 Å². The summed E-state index contributed by atoms with van der Waals surface area (Å²) in [6.45, 7) is 1.74. The number of phenols is 1. The third-order valence-corrected chi connectivity index (χ3v) is 11.7. The maximum atomic E-state index is 14.4. The molecule has 254 valence electrons. The van der Waals surface area contributed by atoms with E-state index in [1.54, 1.807) is 19.1 Å². The summed E-state index contributed by atoms with van der Waals surface area (Å²) in [5, 5.41) is 73.6. The Bertz CT molecular complexity index is 2070. The highest BCUT2D eigenvalue weighted by molar-refractivity contribution is 6.34. The molecule has 7 atom stereocenters. The average molecular weight is 669 g/mol. The van der Waals surface area contributed by atoms with Gasteiger partial charge >= 0.3 is 0 Å².